The maximum Gasteiger partial charge on any atom is 0.401 e. The topological polar surface area (TPSA) is 107 Å². The summed E-state index contributed by atoms with van der Waals surface area (Å²) in [6.45, 7) is 5.10. The van der Waals surface area contributed by atoms with Gasteiger partial charge in [-0.25, -0.2) is 4.98 Å². The van der Waals surface area contributed by atoms with Crippen LogP contribution in [-0.2, 0) is 0 Å². The van der Waals surface area contributed by atoms with Crippen LogP contribution in [0.5, 0.6) is 0 Å². The van der Waals surface area contributed by atoms with E-state index >= 15 is 0 Å². The number of aromatic nitrogens is 3. The number of benzene rings is 1. The molecule has 36 heavy (non-hydrogen) atoms. The summed E-state index contributed by atoms with van der Waals surface area (Å²) in [4.78, 5) is 8.20. The van der Waals surface area contributed by atoms with Crippen LogP contribution in [-0.4, -0.2) is 59.0 Å². The fourth-order valence-electron chi connectivity index (χ4n) is 5.38. The van der Waals surface area contributed by atoms with Gasteiger partial charge in [0, 0.05) is 42.0 Å². The molecule has 4 heterocycles. The van der Waals surface area contributed by atoms with Crippen molar-refractivity contribution in [3.05, 3.63) is 52.8 Å². The summed E-state index contributed by atoms with van der Waals surface area (Å²) in [5.41, 5.74) is 9.20. The molecule has 0 amide bonds. The maximum absolute atomic E-state index is 12.8. The van der Waals surface area contributed by atoms with Gasteiger partial charge in [-0.05, 0) is 50.1 Å². The van der Waals surface area contributed by atoms with Crippen molar-refractivity contribution in [1.82, 2.24) is 20.1 Å². The van der Waals surface area contributed by atoms with E-state index < -0.39 is 18.9 Å². The first kappa shape index (κ1) is 24.2. The number of nitriles is 1. The third-order valence-electron chi connectivity index (χ3n) is 7.25. The van der Waals surface area contributed by atoms with Gasteiger partial charge in [0.15, 0.2) is 5.82 Å². The van der Waals surface area contributed by atoms with Crippen LogP contribution in [0.15, 0.2) is 30.5 Å². The van der Waals surface area contributed by atoms with E-state index in [1.54, 1.807) is 18.3 Å². The minimum atomic E-state index is -4.17. The third kappa shape index (κ3) is 4.54. The zero-order chi connectivity index (χ0) is 25.7. The van der Waals surface area contributed by atoms with E-state index in [9.17, 15) is 18.4 Å². The van der Waals surface area contributed by atoms with Gasteiger partial charge in [-0.15, -0.1) is 5.10 Å². The number of likely N-dealkylation sites (tertiary alicyclic amines) is 1. The van der Waals surface area contributed by atoms with E-state index in [1.165, 1.54) is 4.90 Å². The van der Waals surface area contributed by atoms with Gasteiger partial charge in [-0.2, -0.15) is 23.5 Å². The Morgan fingerprint density at radius 3 is 2.69 bits per heavy atom. The van der Waals surface area contributed by atoms with E-state index in [0.717, 1.165) is 39.8 Å². The molecule has 0 saturated carbocycles. The van der Waals surface area contributed by atoms with Gasteiger partial charge in [0.05, 0.1) is 23.9 Å². The average molecular weight is 497 g/mol. The minimum Gasteiger partial charge on any atom is -0.355 e. The van der Waals surface area contributed by atoms with E-state index in [1.807, 2.05) is 26.0 Å². The maximum atomic E-state index is 12.8. The molecule has 2 aromatic heterocycles. The Hall–Kier alpha value is -3.49. The highest BCUT2D eigenvalue weighted by atomic mass is 19.4. The van der Waals surface area contributed by atoms with Gasteiger partial charge in [-0.3, -0.25) is 4.90 Å². The van der Waals surface area contributed by atoms with Crippen molar-refractivity contribution in [2.45, 2.75) is 32.6 Å². The first-order valence-electron chi connectivity index (χ1n) is 11.8. The molecule has 1 spiro atoms. The smallest absolute Gasteiger partial charge is 0.355 e. The highest BCUT2D eigenvalue weighted by molar-refractivity contribution is 5.94. The molecule has 2 saturated heterocycles. The first-order chi connectivity index (χ1) is 17.1. The summed E-state index contributed by atoms with van der Waals surface area (Å²) in [7, 11) is 0. The van der Waals surface area contributed by atoms with Crippen molar-refractivity contribution >= 4 is 22.4 Å². The second kappa shape index (κ2) is 8.87. The number of rotatable bonds is 5. The number of aryl methyl sites for hydroxylation is 1. The summed E-state index contributed by atoms with van der Waals surface area (Å²) >= 11 is 0. The Labute approximate surface area is 206 Å². The number of hydrogen-bond acceptors (Lipinski definition) is 8. The van der Waals surface area contributed by atoms with Gasteiger partial charge in [-0.1, -0.05) is 12.1 Å². The lowest BCUT2D eigenvalue weighted by molar-refractivity contribution is -0.144. The SMILES string of the molecule is Cc1c(C#N)cccc1[C@@H](N)Nc1nnc(C)c2cnc(N3CC4(CCN(CC(F)(F)F)C4)C3)cc12. The van der Waals surface area contributed by atoms with Crippen molar-refractivity contribution in [1.29, 1.82) is 5.26 Å². The molecule has 0 bridgehead atoms. The van der Waals surface area contributed by atoms with Crippen molar-refractivity contribution in [2.75, 3.05) is 42.9 Å². The van der Waals surface area contributed by atoms with Gasteiger partial charge in [0.2, 0.25) is 0 Å². The van der Waals surface area contributed by atoms with Crippen molar-refractivity contribution in [2.24, 2.45) is 11.1 Å². The van der Waals surface area contributed by atoms with Crippen LogP contribution in [0.1, 0.15) is 35.0 Å². The van der Waals surface area contributed by atoms with E-state index in [0.29, 0.717) is 37.6 Å². The fourth-order valence-corrected chi connectivity index (χ4v) is 5.38. The molecule has 0 unspecified atom stereocenters. The van der Waals surface area contributed by atoms with Crippen LogP contribution >= 0.6 is 0 Å². The van der Waals surface area contributed by atoms with Crippen LogP contribution in [0.2, 0.25) is 0 Å². The second-order valence-electron chi connectivity index (χ2n) is 9.91. The quantitative estimate of drug-likeness (QED) is 0.516. The number of anilines is 2. The number of pyridine rings is 1. The third-order valence-corrected chi connectivity index (χ3v) is 7.25. The van der Waals surface area contributed by atoms with Crippen LogP contribution in [0.4, 0.5) is 24.8 Å². The number of fused-ring (bicyclic) bond motifs is 1. The molecule has 0 radical (unpaired) electrons. The van der Waals surface area contributed by atoms with Gasteiger partial charge < -0.3 is 16.0 Å². The zero-order valence-corrected chi connectivity index (χ0v) is 20.1. The minimum absolute atomic E-state index is 0.124. The van der Waals surface area contributed by atoms with Crippen molar-refractivity contribution < 1.29 is 13.2 Å². The van der Waals surface area contributed by atoms with Crippen LogP contribution in [0.3, 0.4) is 0 Å². The number of nitrogens with zero attached hydrogens (tertiary/aromatic N) is 6. The van der Waals surface area contributed by atoms with E-state index in [2.05, 4.69) is 31.5 Å². The summed E-state index contributed by atoms with van der Waals surface area (Å²) in [5, 5.41) is 22.8. The van der Waals surface area contributed by atoms with Crippen molar-refractivity contribution in [3.8, 4) is 6.07 Å². The largest absolute Gasteiger partial charge is 0.401 e. The lowest BCUT2D eigenvalue weighted by Gasteiger charge is -2.49. The Balaban J connectivity index is 1.36. The van der Waals surface area contributed by atoms with Crippen LogP contribution in [0, 0.1) is 30.6 Å². The molecule has 1 atom stereocenters. The molecule has 2 aliphatic rings. The molecule has 188 valence electrons. The molecular weight excluding hydrogens is 469 g/mol. The number of hydrogen-bond donors (Lipinski definition) is 2. The van der Waals surface area contributed by atoms with Gasteiger partial charge in [0.25, 0.3) is 0 Å². The molecule has 3 aromatic rings. The highest BCUT2D eigenvalue weighted by Gasteiger charge is 2.49. The summed E-state index contributed by atoms with van der Waals surface area (Å²) < 4.78 is 38.4. The van der Waals surface area contributed by atoms with E-state index in [4.69, 9.17) is 5.73 Å². The standard InChI is InChI=1S/C25H27F3N8/c1-15-17(9-29)4-3-5-18(15)22(30)32-23-19-8-21(31-10-20(19)16(2)33-34-23)36-12-24(13-36)6-7-35(11-24)14-25(26,27)28/h3-5,8,10,22H,6-7,11-14,30H2,1-2H3,(H,32,34)/t22-/m0/s1. The zero-order valence-electron chi connectivity index (χ0n) is 20.1. The normalized spacial score (nSPS) is 18.3. The molecule has 3 N–H and O–H groups in total. The number of nitrogens with two attached hydrogens (primary N) is 1. The predicted molar refractivity (Wildman–Crippen MR) is 130 cm³/mol. The average Bonchev–Trinajstić information content (AvgIpc) is 3.22. The van der Waals surface area contributed by atoms with E-state index in [-0.39, 0.29) is 5.41 Å². The first-order valence-corrected chi connectivity index (χ1v) is 11.8. The lowest BCUT2D eigenvalue weighted by Crippen LogP contribution is -2.58. The fraction of sp³-hybridized carbons (Fsp3) is 0.440. The molecule has 11 heteroatoms. The molecular formula is C25H27F3N8. The number of alkyl halides is 3. The molecule has 1 aromatic carbocycles. The molecule has 5 rings (SSSR count). The molecule has 0 aliphatic carbocycles. The Kier molecular flexibility index (Phi) is 5.97. The van der Waals surface area contributed by atoms with Gasteiger partial charge >= 0.3 is 6.18 Å². The monoisotopic (exact) mass is 496 g/mol. The van der Waals surface area contributed by atoms with Gasteiger partial charge in [0.1, 0.15) is 12.0 Å². The predicted octanol–water partition coefficient (Wildman–Crippen LogP) is 3.66. The highest BCUT2D eigenvalue weighted by Crippen LogP contribution is 2.42. The molecule has 8 nitrogen and oxygen atoms in total. The van der Waals surface area contributed by atoms with Crippen molar-refractivity contribution in [3.63, 3.8) is 0 Å². The molecule has 2 fully saturated rings. The van der Waals surface area contributed by atoms with Crippen LogP contribution in [0.25, 0.3) is 10.8 Å². The Morgan fingerprint density at radius 2 is 1.97 bits per heavy atom. The lowest BCUT2D eigenvalue weighted by atomic mass is 9.79. The number of halogens is 3. The summed E-state index contributed by atoms with van der Waals surface area (Å²) in [5.74, 6) is 1.25. The van der Waals surface area contributed by atoms with Crippen LogP contribution < -0.4 is 16.0 Å². The summed E-state index contributed by atoms with van der Waals surface area (Å²) in [6.07, 6.45) is -2.28. The summed E-state index contributed by atoms with van der Waals surface area (Å²) in [6, 6.07) is 9.51. The Morgan fingerprint density at radius 1 is 1.19 bits per heavy atom. The number of nitrogens with one attached hydrogen (secondary N) is 1. The molecule has 2 aliphatic heterocycles. The Bertz CT molecular complexity index is 1340. The second-order valence-corrected chi connectivity index (χ2v) is 9.91.